The average molecular weight is 403 g/mol. The molecule has 0 unspecified atom stereocenters. The topological polar surface area (TPSA) is 0 Å². The summed E-state index contributed by atoms with van der Waals surface area (Å²) in [6.07, 6.45) is 4.43. The first-order valence-electron chi connectivity index (χ1n) is 9.73. The molecule has 138 valence electrons. The summed E-state index contributed by atoms with van der Waals surface area (Å²) < 4.78 is 0. The van der Waals surface area contributed by atoms with Gasteiger partial charge in [-0.2, -0.15) is 0 Å². The first kappa shape index (κ1) is 19.4. The highest BCUT2D eigenvalue weighted by molar-refractivity contribution is 6.87. The summed E-state index contributed by atoms with van der Waals surface area (Å²) >= 11 is 12.4. The Morgan fingerprint density at radius 3 is 2.04 bits per heavy atom. The largest absolute Gasteiger partial charge is 0.207 e. The molecule has 0 nitrogen and oxygen atoms in total. The second kappa shape index (κ2) is 7.50. The van der Waals surface area contributed by atoms with Gasteiger partial charge in [-0.05, 0) is 49.2 Å². The molecule has 0 amide bonds. The van der Waals surface area contributed by atoms with Crippen LogP contribution in [0.4, 0.5) is 0 Å². The molecule has 1 aliphatic rings. The first-order chi connectivity index (χ1) is 13.3. The molecule has 0 bridgehead atoms. The van der Waals surface area contributed by atoms with Crippen molar-refractivity contribution >= 4 is 70.6 Å². The maximum absolute atomic E-state index is 6.23. The summed E-state index contributed by atoms with van der Waals surface area (Å²) in [6, 6.07) is 17.1. The van der Waals surface area contributed by atoms with Gasteiger partial charge in [-0.25, -0.2) is 0 Å². The van der Waals surface area contributed by atoms with E-state index in [0.717, 1.165) is 10.0 Å². The van der Waals surface area contributed by atoms with Crippen LogP contribution in [0.5, 0.6) is 0 Å². The van der Waals surface area contributed by atoms with Crippen LogP contribution in [0.15, 0.2) is 48.5 Å². The molecule has 1 heterocycles. The number of hydrogen-bond acceptors (Lipinski definition) is 0. The van der Waals surface area contributed by atoms with Crippen molar-refractivity contribution in [1.29, 1.82) is 0 Å². The summed E-state index contributed by atoms with van der Waals surface area (Å²) in [5.74, 6) is 0. The molecule has 4 heteroatoms. The van der Waals surface area contributed by atoms with Crippen molar-refractivity contribution in [3.8, 4) is 0 Å². The van der Waals surface area contributed by atoms with Crippen molar-refractivity contribution in [2.45, 2.75) is 27.5 Å². The van der Waals surface area contributed by atoms with E-state index < -0.39 is 0 Å². The quantitative estimate of drug-likeness (QED) is 0.551. The first-order valence-corrected chi connectivity index (χ1v) is 10.5. The van der Waals surface area contributed by atoms with Gasteiger partial charge in [0, 0.05) is 10.0 Å². The average Bonchev–Trinajstić information content (AvgIpc) is 2.77. The van der Waals surface area contributed by atoms with Gasteiger partial charge in [-0.1, -0.05) is 106 Å². The van der Waals surface area contributed by atoms with E-state index in [1.54, 1.807) is 0 Å². The Kier molecular flexibility index (Phi) is 5.20. The molecule has 0 saturated carbocycles. The summed E-state index contributed by atoms with van der Waals surface area (Å²) in [6.45, 7) is 9.57. The molecule has 0 aliphatic carbocycles. The highest BCUT2D eigenvalue weighted by Crippen LogP contribution is 2.17. The predicted octanol–water partition coefficient (Wildman–Crippen LogP) is 4.57. The van der Waals surface area contributed by atoms with Crippen LogP contribution in [-0.2, 0) is 0 Å². The van der Waals surface area contributed by atoms with Crippen LogP contribution in [-0.4, -0.2) is 13.4 Å². The van der Waals surface area contributed by atoms with E-state index in [9.17, 15) is 0 Å². The Labute approximate surface area is 178 Å². The number of hydrogen-bond donors (Lipinski definition) is 0. The van der Waals surface area contributed by atoms with Gasteiger partial charge in [-0.15, -0.1) is 0 Å². The summed E-state index contributed by atoms with van der Waals surface area (Å²) in [4.78, 5) is 0. The molecule has 0 radical (unpaired) electrons. The Bertz CT molecular complexity index is 1100. The minimum Gasteiger partial charge on any atom is -0.0843 e. The van der Waals surface area contributed by atoms with Gasteiger partial charge in [0.05, 0.1) is 0 Å². The SMILES string of the molecule is CB(c1ccc(Cl)cc1C)c1cc2c(cc1C)B(C)c1ccc(Cl)cc1C=C2. The van der Waals surface area contributed by atoms with Gasteiger partial charge >= 0.3 is 0 Å². The van der Waals surface area contributed by atoms with Crippen LogP contribution in [0.1, 0.15) is 22.3 Å². The third-order valence-electron chi connectivity index (χ3n) is 6.06. The van der Waals surface area contributed by atoms with E-state index in [1.807, 2.05) is 12.1 Å². The van der Waals surface area contributed by atoms with Crippen molar-refractivity contribution in [2.24, 2.45) is 0 Å². The number of rotatable bonds is 2. The molecular weight excluding hydrogens is 381 g/mol. The van der Waals surface area contributed by atoms with Crippen LogP contribution in [0.2, 0.25) is 23.7 Å². The van der Waals surface area contributed by atoms with Gasteiger partial charge in [0.2, 0.25) is 13.4 Å². The highest BCUT2D eigenvalue weighted by Gasteiger charge is 2.24. The smallest absolute Gasteiger partial charge is 0.0843 e. The van der Waals surface area contributed by atoms with Crippen molar-refractivity contribution in [3.05, 3.63) is 80.8 Å². The fraction of sp³-hybridized carbons (Fsp3) is 0.167. The van der Waals surface area contributed by atoms with Gasteiger partial charge < -0.3 is 0 Å². The number of halogens is 2. The van der Waals surface area contributed by atoms with E-state index in [0.29, 0.717) is 13.4 Å². The van der Waals surface area contributed by atoms with E-state index >= 15 is 0 Å². The zero-order valence-electron chi connectivity index (χ0n) is 16.7. The summed E-state index contributed by atoms with van der Waals surface area (Å²) in [5, 5.41) is 1.57. The Morgan fingerprint density at radius 2 is 1.32 bits per heavy atom. The Hall–Kier alpha value is -1.89. The van der Waals surface area contributed by atoms with Crippen molar-refractivity contribution in [3.63, 3.8) is 0 Å². The second-order valence-electron chi connectivity index (χ2n) is 7.89. The maximum Gasteiger partial charge on any atom is 0.207 e. The van der Waals surface area contributed by atoms with E-state index in [1.165, 1.54) is 44.1 Å². The molecule has 3 aromatic carbocycles. The second-order valence-corrected chi connectivity index (χ2v) is 8.76. The van der Waals surface area contributed by atoms with E-state index in [-0.39, 0.29) is 0 Å². The summed E-state index contributed by atoms with van der Waals surface area (Å²) in [5.41, 5.74) is 10.5. The molecule has 0 aromatic heterocycles. The van der Waals surface area contributed by atoms with Crippen LogP contribution in [0.25, 0.3) is 12.2 Å². The molecular formula is C24H22B2Cl2. The monoisotopic (exact) mass is 402 g/mol. The molecule has 0 N–H and O–H groups in total. The van der Waals surface area contributed by atoms with Crippen molar-refractivity contribution < 1.29 is 0 Å². The molecule has 0 fully saturated rings. The lowest BCUT2D eigenvalue weighted by Gasteiger charge is -2.20. The van der Waals surface area contributed by atoms with Crippen LogP contribution >= 0.6 is 23.2 Å². The van der Waals surface area contributed by atoms with Crippen LogP contribution < -0.4 is 21.9 Å². The standard InChI is InChI=1S/C24H22B2Cl2/c1-15-11-19(27)7-9-21(15)25(3)23-14-18-6-5-17-13-20(28)8-10-22(17)26(4)24(18)12-16(23)2/h5-14H,1-4H3. The molecule has 0 spiro atoms. The zero-order valence-corrected chi connectivity index (χ0v) is 18.2. The third kappa shape index (κ3) is 3.45. The minimum atomic E-state index is 0.311. The third-order valence-corrected chi connectivity index (χ3v) is 6.53. The molecule has 0 saturated heterocycles. The lowest BCUT2D eigenvalue weighted by atomic mass is 9.38. The van der Waals surface area contributed by atoms with Crippen LogP contribution in [0, 0.1) is 13.8 Å². The van der Waals surface area contributed by atoms with E-state index in [4.69, 9.17) is 23.2 Å². The molecule has 1 aliphatic heterocycles. The molecule has 28 heavy (non-hydrogen) atoms. The fourth-order valence-electron chi connectivity index (χ4n) is 4.47. The number of benzene rings is 3. The van der Waals surface area contributed by atoms with Crippen LogP contribution in [0.3, 0.4) is 0 Å². The lowest BCUT2D eigenvalue weighted by molar-refractivity contribution is 1.49. The predicted molar refractivity (Wildman–Crippen MR) is 130 cm³/mol. The minimum absolute atomic E-state index is 0.311. The molecule has 0 atom stereocenters. The fourth-order valence-corrected chi connectivity index (χ4v) is 4.88. The van der Waals surface area contributed by atoms with Gasteiger partial charge in [0.15, 0.2) is 0 Å². The number of fused-ring (bicyclic) bond motifs is 2. The van der Waals surface area contributed by atoms with E-state index in [2.05, 4.69) is 76.0 Å². The van der Waals surface area contributed by atoms with Crippen molar-refractivity contribution in [2.75, 3.05) is 0 Å². The molecule has 3 aromatic rings. The van der Waals surface area contributed by atoms with Gasteiger partial charge in [-0.3, -0.25) is 0 Å². The lowest BCUT2D eigenvalue weighted by Crippen LogP contribution is -2.46. The zero-order chi connectivity index (χ0) is 20.0. The Balaban J connectivity index is 1.82. The number of aryl methyl sites for hydroxylation is 2. The Morgan fingerprint density at radius 1 is 0.714 bits per heavy atom. The van der Waals surface area contributed by atoms with Crippen molar-refractivity contribution in [1.82, 2.24) is 0 Å². The maximum atomic E-state index is 6.23. The normalized spacial score (nSPS) is 12.4. The molecule has 4 rings (SSSR count). The highest BCUT2D eigenvalue weighted by atomic mass is 35.5. The van der Waals surface area contributed by atoms with Gasteiger partial charge in [0.25, 0.3) is 0 Å². The summed E-state index contributed by atoms with van der Waals surface area (Å²) in [7, 11) is 0. The van der Waals surface area contributed by atoms with Gasteiger partial charge in [0.1, 0.15) is 0 Å².